The first kappa shape index (κ1) is 15.7. The molecule has 0 aliphatic rings. The van der Waals surface area contributed by atoms with Gasteiger partial charge in [0.25, 0.3) is 0 Å². The molecule has 2 atom stereocenters. The summed E-state index contributed by atoms with van der Waals surface area (Å²) >= 11 is 0. The Labute approximate surface area is 116 Å². The lowest BCUT2D eigenvalue weighted by atomic mass is 10.0. The van der Waals surface area contributed by atoms with Crippen molar-refractivity contribution in [1.29, 1.82) is 0 Å². The first-order chi connectivity index (χ1) is 8.93. The number of para-hydroxylation sites is 1. The highest BCUT2D eigenvalue weighted by Gasteiger charge is 2.19. The highest BCUT2D eigenvalue weighted by Crippen LogP contribution is 2.21. The summed E-state index contributed by atoms with van der Waals surface area (Å²) in [6.07, 6.45) is 2.88. The van der Waals surface area contributed by atoms with Crippen molar-refractivity contribution in [3.63, 3.8) is 0 Å². The van der Waals surface area contributed by atoms with Gasteiger partial charge in [-0.05, 0) is 38.3 Å². The SMILES string of the molecule is Cc1ccccc1N(C)C(=O)C(C)CCCC(C)N. The van der Waals surface area contributed by atoms with Crippen molar-refractivity contribution in [2.24, 2.45) is 11.7 Å². The van der Waals surface area contributed by atoms with E-state index in [0.717, 1.165) is 30.5 Å². The van der Waals surface area contributed by atoms with E-state index in [0.29, 0.717) is 0 Å². The largest absolute Gasteiger partial charge is 0.328 e. The molecule has 3 heteroatoms. The highest BCUT2D eigenvalue weighted by molar-refractivity contribution is 5.94. The minimum atomic E-state index is 0.0448. The molecule has 0 fully saturated rings. The fourth-order valence-corrected chi connectivity index (χ4v) is 2.26. The second kappa shape index (κ2) is 7.29. The third-order valence-corrected chi connectivity index (χ3v) is 3.53. The van der Waals surface area contributed by atoms with Crippen molar-refractivity contribution in [2.75, 3.05) is 11.9 Å². The normalized spacial score (nSPS) is 13.9. The van der Waals surface area contributed by atoms with Gasteiger partial charge in [0.1, 0.15) is 0 Å². The molecular formula is C16H26N2O. The molecule has 0 bridgehead atoms. The van der Waals surface area contributed by atoms with Crippen LogP contribution in [0.25, 0.3) is 0 Å². The molecule has 0 aliphatic carbocycles. The molecule has 0 heterocycles. The molecule has 0 aliphatic heterocycles. The van der Waals surface area contributed by atoms with Gasteiger partial charge in [-0.1, -0.05) is 31.5 Å². The van der Waals surface area contributed by atoms with E-state index in [4.69, 9.17) is 5.73 Å². The van der Waals surface area contributed by atoms with Gasteiger partial charge in [0.15, 0.2) is 0 Å². The van der Waals surface area contributed by atoms with E-state index in [1.54, 1.807) is 4.90 Å². The molecule has 1 aromatic carbocycles. The number of carbonyl (C=O) groups is 1. The lowest BCUT2D eigenvalue weighted by Crippen LogP contribution is -2.32. The Bertz CT molecular complexity index is 415. The number of rotatable bonds is 6. The maximum absolute atomic E-state index is 12.4. The van der Waals surface area contributed by atoms with Crippen molar-refractivity contribution in [3.8, 4) is 0 Å². The minimum Gasteiger partial charge on any atom is -0.328 e. The summed E-state index contributed by atoms with van der Waals surface area (Å²) in [7, 11) is 1.85. The molecule has 19 heavy (non-hydrogen) atoms. The van der Waals surface area contributed by atoms with Gasteiger partial charge in [-0.2, -0.15) is 0 Å². The fraction of sp³-hybridized carbons (Fsp3) is 0.562. The molecule has 0 radical (unpaired) electrons. The van der Waals surface area contributed by atoms with E-state index in [-0.39, 0.29) is 17.9 Å². The Hall–Kier alpha value is -1.35. The number of amides is 1. The van der Waals surface area contributed by atoms with Crippen LogP contribution in [0, 0.1) is 12.8 Å². The van der Waals surface area contributed by atoms with Gasteiger partial charge in [0.05, 0.1) is 0 Å². The van der Waals surface area contributed by atoms with Crippen LogP contribution in [-0.4, -0.2) is 19.0 Å². The van der Waals surface area contributed by atoms with Crippen LogP contribution >= 0.6 is 0 Å². The number of hydrogen-bond donors (Lipinski definition) is 1. The van der Waals surface area contributed by atoms with Crippen molar-refractivity contribution in [1.82, 2.24) is 0 Å². The summed E-state index contributed by atoms with van der Waals surface area (Å²) in [6.45, 7) is 6.03. The highest BCUT2D eigenvalue weighted by atomic mass is 16.2. The molecule has 1 aromatic rings. The predicted molar refractivity (Wildman–Crippen MR) is 81.3 cm³/mol. The summed E-state index contributed by atoms with van der Waals surface area (Å²) in [6, 6.07) is 8.19. The van der Waals surface area contributed by atoms with Crippen molar-refractivity contribution in [3.05, 3.63) is 29.8 Å². The maximum Gasteiger partial charge on any atom is 0.229 e. The van der Waals surface area contributed by atoms with Crippen LogP contribution in [0.1, 0.15) is 38.7 Å². The Balaban J connectivity index is 2.59. The summed E-state index contributed by atoms with van der Waals surface area (Å²) in [4.78, 5) is 14.1. The molecule has 0 saturated carbocycles. The van der Waals surface area contributed by atoms with Crippen molar-refractivity contribution >= 4 is 11.6 Å². The Morgan fingerprint density at radius 1 is 1.26 bits per heavy atom. The van der Waals surface area contributed by atoms with Gasteiger partial charge in [0.2, 0.25) is 5.91 Å². The van der Waals surface area contributed by atoms with Gasteiger partial charge in [0, 0.05) is 24.7 Å². The second-order valence-electron chi connectivity index (χ2n) is 5.49. The Morgan fingerprint density at radius 2 is 1.89 bits per heavy atom. The van der Waals surface area contributed by atoms with Gasteiger partial charge in [-0.15, -0.1) is 0 Å². The van der Waals surface area contributed by atoms with Gasteiger partial charge in [-0.3, -0.25) is 4.79 Å². The fourth-order valence-electron chi connectivity index (χ4n) is 2.26. The monoisotopic (exact) mass is 262 g/mol. The number of hydrogen-bond acceptors (Lipinski definition) is 2. The summed E-state index contributed by atoms with van der Waals surface area (Å²) < 4.78 is 0. The van der Waals surface area contributed by atoms with E-state index in [9.17, 15) is 4.79 Å². The lowest BCUT2D eigenvalue weighted by Gasteiger charge is -2.23. The van der Waals surface area contributed by atoms with Crippen LogP contribution in [0.5, 0.6) is 0 Å². The molecule has 0 spiro atoms. The smallest absolute Gasteiger partial charge is 0.229 e. The third-order valence-electron chi connectivity index (χ3n) is 3.53. The average molecular weight is 262 g/mol. The molecule has 1 amide bonds. The quantitative estimate of drug-likeness (QED) is 0.856. The molecule has 3 nitrogen and oxygen atoms in total. The van der Waals surface area contributed by atoms with E-state index >= 15 is 0 Å². The van der Waals surface area contributed by atoms with E-state index < -0.39 is 0 Å². The summed E-state index contributed by atoms with van der Waals surface area (Å²) in [5.74, 6) is 0.224. The van der Waals surface area contributed by atoms with Crippen LogP contribution in [0.2, 0.25) is 0 Å². The topological polar surface area (TPSA) is 46.3 Å². The average Bonchev–Trinajstić information content (AvgIpc) is 2.37. The first-order valence-electron chi connectivity index (χ1n) is 7.02. The first-order valence-corrected chi connectivity index (χ1v) is 7.02. The number of anilines is 1. The van der Waals surface area contributed by atoms with Gasteiger partial charge >= 0.3 is 0 Å². The summed E-state index contributed by atoms with van der Waals surface area (Å²) in [5, 5.41) is 0. The zero-order valence-corrected chi connectivity index (χ0v) is 12.5. The number of aryl methyl sites for hydroxylation is 1. The number of nitrogens with zero attached hydrogens (tertiary/aromatic N) is 1. The minimum absolute atomic E-state index is 0.0448. The van der Waals surface area contributed by atoms with Crippen LogP contribution in [0.15, 0.2) is 24.3 Å². The third kappa shape index (κ3) is 4.67. The van der Waals surface area contributed by atoms with Crippen LogP contribution in [0.3, 0.4) is 0 Å². The number of carbonyl (C=O) groups excluding carboxylic acids is 1. The summed E-state index contributed by atoms with van der Waals surface area (Å²) in [5.41, 5.74) is 7.85. The Morgan fingerprint density at radius 3 is 2.47 bits per heavy atom. The molecular weight excluding hydrogens is 236 g/mol. The lowest BCUT2D eigenvalue weighted by molar-refractivity contribution is -0.121. The second-order valence-corrected chi connectivity index (χ2v) is 5.49. The van der Waals surface area contributed by atoms with Crippen molar-refractivity contribution in [2.45, 2.75) is 46.1 Å². The molecule has 0 saturated heterocycles. The predicted octanol–water partition coefficient (Wildman–Crippen LogP) is 3.11. The van der Waals surface area contributed by atoms with Crippen LogP contribution < -0.4 is 10.6 Å². The molecule has 2 unspecified atom stereocenters. The number of nitrogens with two attached hydrogens (primary N) is 1. The van der Waals surface area contributed by atoms with Gasteiger partial charge < -0.3 is 10.6 Å². The van der Waals surface area contributed by atoms with E-state index in [1.807, 2.05) is 52.1 Å². The number of benzene rings is 1. The molecule has 106 valence electrons. The zero-order valence-electron chi connectivity index (χ0n) is 12.5. The maximum atomic E-state index is 12.4. The standard InChI is InChI=1S/C16H26N2O/c1-12-8-5-6-11-15(12)18(4)16(19)13(2)9-7-10-14(3)17/h5-6,8,11,13-14H,7,9-10,17H2,1-4H3. The molecule has 0 aromatic heterocycles. The van der Waals surface area contributed by atoms with E-state index in [1.165, 1.54) is 0 Å². The van der Waals surface area contributed by atoms with Crippen LogP contribution in [0.4, 0.5) is 5.69 Å². The zero-order chi connectivity index (χ0) is 14.4. The molecule has 2 N–H and O–H groups in total. The van der Waals surface area contributed by atoms with Crippen LogP contribution in [-0.2, 0) is 4.79 Å². The van der Waals surface area contributed by atoms with Gasteiger partial charge in [-0.25, -0.2) is 0 Å². The van der Waals surface area contributed by atoms with Crippen molar-refractivity contribution < 1.29 is 4.79 Å². The van der Waals surface area contributed by atoms with E-state index in [2.05, 4.69) is 0 Å². The Kier molecular flexibility index (Phi) is 6.03. The molecule has 1 rings (SSSR count).